The van der Waals surface area contributed by atoms with Crippen molar-refractivity contribution in [1.82, 2.24) is 0 Å². The van der Waals surface area contributed by atoms with Gasteiger partial charge in [0.25, 0.3) is 0 Å². The van der Waals surface area contributed by atoms with Crippen LogP contribution in [0, 0.1) is 70.2 Å². The van der Waals surface area contributed by atoms with E-state index >= 15 is 0 Å². The Kier molecular flexibility index (Phi) is 16.2. The SMILES string of the molecule is Cc1cc(C)cc(-c2ccc(-c3cc(C)cc(C)c3)c3[cH-]c(C(C)(C)C)cc23)c1.Cc1cc(C)cc(-c2ccc(-c3cc(C)cc(C)c3)c3[cH-]c(C(C)(C)C)cc23)c1.[CH3-].[CH3-].[Si]=[Zr]. The Hall–Kier alpha value is -4.36. The van der Waals surface area contributed by atoms with Crippen LogP contribution in [0.2, 0.25) is 0 Å². The fourth-order valence-corrected chi connectivity index (χ4v) is 8.99. The van der Waals surface area contributed by atoms with Gasteiger partial charge in [-0.15, -0.1) is 44.8 Å². The first-order valence-corrected chi connectivity index (χ1v) is 25.5. The first-order chi connectivity index (χ1) is 28.2. The number of aryl methyl sites for hydroxylation is 8. The Morgan fingerprint density at radius 2 is 0.548 bits per heavy atom. The van der Waals surface area contributed by atoms with Crippen LogP contribution < -0.4 is 0 Å². The minimum absolute atomic E-state index is 0. The first-order valence-electron chi connectivity index (χ1n) is 21.3. The number of hydrogen-bond acceptors (Lipinski definition) is 0. The van der Waals surface area contributed by atoms with E-state index in [1.807, 2.05) is 0 Å². The van der Waals surface area contributed by atoms with Crippen LogP contribution in [0.1, 0.15) is 97.2 Å². The van der Waals surface area contributed by atoms with Crippen molar-refractivity contribution in [2.75, 3.05) is 0 Å². The molecule has 0 saturated carbocycles. The van der Waals surface area contributed by atoms with Crippen molar-refractivity contribution in [2.24, 2.45) is 0 Å². The van der Waals surface area contributed by atoms with Gasteiger partial charge in [-0.25, -0.2) is 0 Å². The van der Waals surface area contributed by atoms with Crippen molar-refractivity contribution in [3.8, 4) is 44.5 Å². The maximum absolute atomic E-state index is 3.06. The zero-order chi connectivity index (χ0) is 43.8. The molecule has 0 saturated heterocycles. The predicted octanol–water partition coefficient (Wildman–Crippen LogP) is 17.4. The topological polar surface area (TPSA) is 0 Å². The summed E-state index contributed by atoms with van der Waals surface area (Å²) in [6.07, 6.45) is 0. The molecule has 2 heteroatoms. The summed E-state index contributed by atoms with van der Waals surface area (Å²) in [6.45, 7) is 34.3. The molecule has 0 amide bonds. The van der Waals surface area contributed by atoms with E-state index in [1.54, 1.807) is 0 Å². The second kappa shape index (κ2) is 20.0. The number of benzene rings is 6. The van der Waals surface area contributed by atoms with Crippen LogP contribution >= 0.6 is 0 Å². The second-order valence-electron chi connectivity index (χ2n) is 19.5. The summed E-state index contributed by atoms with van der Waals surface area (Å²) in [5.41, 5.74) is 24.1. The third-order valence-electron chi connectivity index (χ3n) is 11.6. The molecule has 0 aromatic heterocycles. The zero-order valence-electron chi connectivity index (χ0n) is 40.5. The monoisotopic (exact) mass is 906 g/mol. The molecule has 0 bridgehead atoms. The van der Waals surface area contributed by atoms with E-state index in [0.717, 1.165) is 0 Å². The molecule has 0 atom stereocenters. The van der Waals surface area contributed by atoms with E-state index in [2.05, 4.69) is 225 Å². The van der Waals surface area contributed by atoms with Crippen molar-refractivity contribution in [3.63, 3.8) is 0 Å². The van der Waals surface area contributed by atoms with Gasteiger partial charge >= 0.3 is 30.2 Å². The summed E-state index contributed by atoms with van der Waals surface area (Å²) in [5, 5.41) is 5.43. The van der Waals surface area contributed by atoms with Gasteiger partial charge in [-0.2, -0.15) is 12.1 Å². The third kappa shape index (κ3) is 11.2. The summed E-state index contributed by atoms with van der Waals surface area (Å²) >= 11 is 1.36. The van der Waals surface area contributed by atoms with E-state index in [4.69, 9.17) is 0 Å². The van der Waals surface area contributed by atoms with E-state index in [1.165, 1.54) is 145 Å². The van der Waals surface area contributed by atoms with Crippen molar-refractivity contribution >= 4 is 28.4 Å². The molecular weight excluding hydrogens is 840 g/mol. The summed E-state index contributed by atoms with van der Waals surface area (Å²) in [6, 6.07) is 46.4. The molecule has 0 aliphatic rings. The number of hydrogen-bond donors (Lipinski definition) is 0. The Bertz CT molecular complexity index is 2390. The van der Waals surface area contributed by atoms with E-state index in [-0.39, 0.29) is 25.7 Å². The van der Waals surface area contributed by atoms with Crippen LogP contribution in [-0.4, -0.2) is 6.88 Å². The van der Waals surface area contributed by atoms with Gasteiger partial charge in [0.2, 0.25) is 0 Å². The summed E-state index contributed by atoms with van der Waals surface area (Å²) in [4.78, 5) is 0. The summed E-state index contributed by atoms with van der Waals surface area (Å²) < 4.78 is 0. The molecule has 8 rings (SSSR count). The van der Waals surface area contributed by atoms with Crippen molar-refractivity contribution in [1.29, 1.82) is 0 Å². The Morgan fingerprint density at radius 1 is 0.339 bits per heavy atom. The maximum atomic E-state index is 3.06. The van der Waals surface area contributed by atoms with Gasteiger partial charge in [0.1, 0.15) is 0 Å². The van der Waals surface area contributed by atoms with Crippen LogP contribution in [0.3, 0.4) is 0 Å². The molecule has 0 fully saturated rings. The van der Waals surface area contributed by atoms with Gasteiger partial charge < -0.3 is 14.9 Å². The summed E-state index contributed by atoms with van der Waals surface area (Å²) in [7, 11) is 0. The van der Waals surface area contributed by atoms with E-state index in [9.17, 15) is 0 Å². The zero-order valence-corrected chi connectivity index (χ0v) is 44.0. The van der Waals surface area contributed by atoms with Crippen LogP contribution in [0.5, 0.6) is 0 Å². The van der Waals surface area contributed by atoms with Gasteiger partial charge in [0.05, 0.1) is 0 Å². The van der Waals surface area contributed by atoms with Crippen LogP contribution in [0.4, 0.5) is 0 Å². The fraction of sp³-hybridized carbons (Fsp3) is 0.267. The molecule has 8 aromatic rings. The van der Waals surface area contributed by atoms with Gasteiger partial charge in [0, 0.05) is 0 Å². The summed E-state index contributed by atoms with van der Waals surface area (Å²) in [5.74, 6) is 0. The molecule has 0 aliphatic carbocycles. The molecular formula is C60H68SiZr-4. The Morgan fingerprint density at radius 3 is 0.774 bits per heavy atom. The Labute approximate surface area is 393 Å². The van der Waals surface area contributed by atoms with Gasteiger partial charge in [-0.05, 0) is 77.3 Å². The van der Waals surface area contributed by atoms with Gasteiger partial charge in [-0.1, -0.05) is 216 Å². The molecule has 0 nitrogen and oxygen atoms in total. The molecule has 62 heavy (non-hydrogen) atoms. The standard InChI is InChI=1S/2C29H31.2CH3.Si.Zr/c2*1-18-10-19(2)13-22(12-18)25-8-9-26(23-14-20(3)11-21(4)15-23)28-17-24(16-27(25)28)29(5,6)7;;;;/h2*8-17H,1-7H3;2*1H3;;/q4*-1;;. The molecule has 8 aromatic carbocycles. The minimum atomic E-state index is 0. The van der Waals surface area contributed by atoms with Crippen molar-refractivity contribution in [3.05, 3.63) is 192 Å². The molecule has 0 spiro atoms. The van der Waals surface area contributed by atoms with Gasteiger partial charge in [-0.3, -0.25) is 0 Å². The normalized spacial score (nSPS) is 11.2. The average Bonchev–Trinajstić information content (AvgIpc) is 3.81. The van der Waals surface area contributed by atoms with E-state index < -0.39 is 0 Å². The van der Waals surface area contributed by atoms with Crippen LogP contribution in [0.25, 0.3) is 66.1 Å². The molecule has 0 unspecified atom stereocenters. The quantitative estimate of drug-likeness (QED) is 0.122. The predicted molar refractivity (Wildman–Crippen MR) is 275 cm³/mol. The van der Waals surface area contributed by atoms with Gasteiger partial charge in [0.15, 0.2) is 0 Å². The third-order valence-corrected chi connectivity index (χ3v) is 11.6. The molecule has 320 valence electrons. The van der Waals surface area contributed by atoms with Crippen LogP contribution in [-0.2, 0) is 34.2 Å². The molecule has 0 aliphatic heterocycles. The molecule has 0 N–H and O–H groups in total. The van der Waals surface area contributed by atoms with E-state index in [0.29, 0.717) is 0 Å². The van der Waals surface area contributed by atoms with Crippen LogP contribution in [0.15, 0.2) is 121 Å². The molecule has 0 heterocycles. The average molecular weight is 909 g/mol. The number of fused-ring (bicyclic) bond motifs is 2. The second-order valence-corrected chi connectivity index (χ2v) is 19.5. The Balaban J connectivity index is 0.000000254. The van der Waals surface area contributed by atoms with Crippen molar-refractivity contribution in [2.45, 2.75) is 108 Å². The fourth-order valence-electron chi connectivity index (χ4n) is 8.99. The van der Waals surface area contributed by atoms with Crippen molar-refractivity contribution < 1.29 is 23.3 Å². The first kappa shape index (κ1) is 50.3. The number of rotatable bonds is 4. The molecule has 2 radical (unpaired) electrons.